The third kappa shape index (κ3) is 4.32. The molecule has 23 heavy (non-hydrogen) atoms. The van der Waals surface area contributed by atoms with Gasteiger partial charge >= 0.3 is 0 Å². The number of amides is 1. The molecular formula is C15H26N4O3S. The number of sulfonamides is 1. The first-order chi connectivity index (χ1) is 10.8. The molecule has 1 unspecified atom stereocenters. The third-order valence-electron chi connectivity index (χ3n) is 4.41. The summed E-state index contributed by atoms with van der Waals surface area (Å²) in [6.07, 6.45) is 5.83. The van der Waals surface area contributed by atoms with Crippen LogP contribution in [0.25, 0.3) is 0 Å². The van der Waals surface area contributed by atoms with Crippen molar-refractivity contribution in [2.75, 3.05) is 13.1 Å². The van der Waals surface area contributed by atoms with E-state index in [4.69, 9.17) is 0 Å². The fourth-order valence-electron chi connectivity index (χ4n) is 2.92. The van der Waals surface area contributed by atoms with E-state index in [-0.39, 0.29) is 23.9 Å². The van der Waals surface area contributed by atoms with Crippen LogP contribution < -0.4 is 4.72 Å². The van der Waals surface area contributed by atoms with E-state index < -0.39 is 10.0 Å². The normalized spacial score (nSPS) is 19.1. The molecule has 7 nitrogen and oxygen atoms in total. The Morgan fingerprint density at radius 3 is 2.78 bits per heavy atom. The molecule has 130 valence electrons. The molecule has 1 atom stereocenters. The molecule has 1 N–H and O–H groups in total. The maximum Gasteiger partial charge on any atom is 0.259 e. The van der Waals surface area contributed by atoms with E-state index >= 15 is 0 Å². The van der Waals surface area contributed by atoms with E-state index in [1.165, 1.54) is 6.20 Å². The molecule has 1 fully saturated rings. The highest BCUT2D eigenvalue weighted by atomic mass is 32.2. The Kier molecular flexibility index (Phi) is 5.80. The molecule has 1 amide bonds. The zero-order valence-electron chi connectivity index (χ0n) is 14.1. The van der Waals surface area contributed by atoms with Crippen LogP contribution in [0.3, 0.4) is 0 Å². The summed E-state index contributed by atoms with van der Waals surface area (Å²) in [5.41, 5.74) is 0. The number of aryl methyl sites for hydroxylation is 2. The molecule has 0 aliphatic carbocycles. The van der Waals surface area contributed by atoms with Crippen molar-refractivity contribution >= 4 is 15.9 Å². The molecular weight excluding hydrogens is 316 g/mol. The van der Waals surface area contributed by atoms with E-state index in [0.717, 1.165) is 32.2 Å². The summed E-state index contributed by atoms with van der Waals surface area (Å²) in [4.78, 5) is 18.2. The van der Waals surface area contributed by atoms with Crippen molar-refractivity contribution in [3.05, 3.63) is 12.0 Å². The van der Waals surface area contributed by atoms with Crippen molar-refractivity contribution in [1.29, 1.82) is 0 Å². The average Bonchev–Trinajstić information content (AvgIpc) is 2.87. The number of nitrogens with zero attached hydrogens (tertiary/aromatic N) is 3. The van der Waals surface area contributed by atoms with Gasteiger partial charge in [0.05, 0.1) is 0 Å². The Balaban J connectivity index is 1.89. The topological polar surface area (TPSA) is 84.3 Å². The number of hydrogen-bond acceptors (Lipinski definition) is 4. The van der Waals surface area contributed by atoms with E-state index in [1.807, 2.05) is 4.90 Å². The number of rotatable bonds is 6. The number of imidazole rings is 1. The Bertz CT molecular complexity index is 634. The van der Waals surface area contributed by atoms with Gasteiger partial charge in [-0.15, -0.1) is 0 Å². The summed E-state index contributed by atoms with van der Waals surface area (Å²) >= 11 is 0. The molecule has 1 aromatic heterocycles. The molecule has 1 aliphatic rings. The lowest BCUT2D eigenvalue weighted by Crippen LogP contribution is -2.44. The molecule has 2 rings (SSSR count). The Morgan fingerprint density at radius 1 is 1.43 bits per heavy atom. The zero-order chi connectivity index (χ0) is 17.0. The van der Waals surface area contributed by atoms with Crippen molar-refractivity contribution in [2.45, 2.75) is 57.0 Å². The summed E-state index contributed by atoms with van der Waals surface area (Å²) in [5, 5.41) is -0.00523. The first-order valence-corrected chi connectivity index (χ1v) is 9.62. The van der Waals surface area contributed by atoms with Crippen LogP contribution in [0.4, 0.5) is 0 Å². The molecule has 1 aromatic rings. The van der Waals surface area contributed by atoms with Gasteiger partial charge in [-0.25, -0.2) is 18.1 Å². The molecule has 0 spiro atoms. The molecule has 2 heterocycles. The highest BCUT2D eigenvalue weighted by Crippen LogP contribution is 2.20. The van der Waals surface area contributed by atoms with E-state index in [0.29, 0.717) is 11.9 Å². The summed E-state index contributed by atoms with van der Waals surface area (Å²) < 4.78 is 28.4. The highest BCUT2D eigenvalue weighted by Gasteiger charge is 2.25. The lowest BCUT2D eigenvalue weighted by molar-refractivity contribution is -0.134. The number of likely N-dealkylation sites (tertiary alicyclic amines) is 1. The van der Waals surface area contributed by atoms with Gasteiger partial charge in [0.25, 0.3) is 10.0 Å². The molecule has 1 saturated heterocycles. The van der Waals surface area contributed by atoms with Crippen molar-refractivity contribution < 1.29 is 13.2 Å². The minimum atomic E-state index is -3.66. The molecule has 0 saturated carbocycles. The number of carbonyl (C=O) groups is 1. The fourth-order valence-corrected chi connectivity index (χ4v) is 3.99. The quantitative estimate of drug-likeness (QED) is 0.841. The van der Waals surface area contributed by atoms with Gasteiger partial charge in [0.1, 0.15) is 5.82 Å². The molecule has 1 aliphatic heterocycles. The van der Waals surface area contributed by atoms with Gasteiger partial charge in [-0.05, 0) is 32.6 Å². The highest BCUT2D eigenvalue weighted by molar-refractivity contribution is 7.89. The van der Waals surface area contributed by atoms with Crippen LogP contribution in [0.2, 0.25) is 0 Å². The second-order valence-electron chi connectivity index (χ2n) is 6.03. The Hall–Kier alpha value is -1.41. The smallest absolute Gasteiger partial charge is 0.259 e. The predicted molar refractivity (Wildman–Crippen MR) is 87.4 cm³/mol. The SMILES string of the molecule is CCC1CCCCN1C(=O)CCNS(=O)(=O)c1cn(C)c(C)n1. The van der Waals surface area contributed by atoms with E-state index in [1.54, 1.807) is 18.5 Å². The Morgan fingerprint density at radius 2 is 2.17 bits per heavy atom. The number of carbonyl (C=O) groups excluding carboxylic acids is 1. The van der Waals surface area contributed by atoms with Crippen LogP contribution in [0.1, 0.15) is 44.9 Å². The van der Waals surface area contributed by atoms with Crippen molar-refractivity contribution in [3.63, 3.8) is 0 Å². The predicted octanol–water partition coefficient (Wildman–Crippen LogP) is 1.19. The van der Waals surface area contributed by atoms with Crippen molar-refractivity contribution in [3.8, 4) is 0 Å². The van der Waals surface area contributed by atoms with Crippen LogP contribution >= 0.6 is 0 Å². The first kappa shape index (κ1) is 17.9. The van der Waals surface area contributed by atoms with Crippen molar-refractivity contribution in [1.82, 2.24) is 19.2 Å². The van der Waals surface area contributed by atoms with Crippen LogP contribution in [0.15, 0.2) is 11.2 Å². The van der Waals surface area contributed by atoms with Gasteiger partial charge in [0, 0.05) is 38.8 Å². The van der Waals surface area contributed by atoms with E-state index in [2.05, 4.69) is 16.6 Å². The third-order valence-corrected chi connectivity index (χ3v) is 5.74. The first-order valence-electron chi connectivity index (χ1n) is 8.14. The lowest BCUT2D eigenvalue weighted by Gasteiger charge is -2.35. The minimum Gasteiger partial charge on any atom is -0.340 e. The molecule has 8 heteroatoms. The summed E-state index contributed by atoms with van der Waals surface area (Å²) in [6.45, 7) is 4.71. The summed E-state index contributed by atoms with van der Waals surface area (Å²) in [7, 11) is -1.92. The van der Waals surface area contributed by atoms with Gasteiger partial charge in [-0.3, -0.25) is 4.79 Å². The second kappa shape index (κ2) is 7.44. The molecule has 0 radical (unpaired) electrons. The maximum absolute atomic E-state index is 12.3. The van der Waals surface area contributed by atoms with Gasteiger partial charge in [-0.1, -0.05) is 6.92 Å². The van der Waals surface area contributed by atoms with Gasteiger partial charge in [0.2, 0.25) is 5.91 Å². The number of aromatic nitrogens is 2. The monoisotopic (exact) mass is 342 g/mol. The van der Waals surface area contributed by atoms with Gasteiger partial charge < -0.3 is 9.47 Å². The Labute approximate surface area is 138 Å². The van der Waals surface area contributed by atoms with Crippen molar-refractivity contribution in [2.24, 2.45) is 7.05 Å². The van der Waals surface area contributed by atoms with Gasteiger partial charge in [-0.2, -0.15) is 0 Å². The summed E-state index contributed by atoms with van der Waals surface area (Å²) in [6, 6.07) is 0.297. The molecule has 0 aromatic carbocycles. The van der Waals surface area contributed by atoms with E-state index in [9.17, 15) is 13.2 Å². The van der Waals surface area contributed by atoms with Crippen LogP contribution in [-0.4, -0.2) is 47.9 Å². The average molecular weight is 342 g/mol. The summed E-state index contributed by atoms with van der Waals surface area (Å²) in [5.74, 6) is 0.650. The van der Waals surface area contributed by atoms with Crippen LogP contribution in [-0.2, 0) is 21.9 Å². The van der Waals surface area contributed by atoms with Crippen LogP contribution in [0, 0.1) is 6.92 Å². The molecule has 0 bridgehead atoms. The number of nitrogens with one attached hydrogen (secondary N) is 1. The van der Waals surface area contributed by atoms with Crippen LogP contribution in [0.5, 0.6) is 0 Å². The largest absolute Gasteiger partial charge is 0.340 e. The number of hydrogen-bond donors (Lipinski definition) is 1. The minimum absolute atomic E-state index is 0.00523. The van der Waals surface area contributed by atoms with Gasteiger partial charge in [0.15, 0.2) is 5.03 Å². The zero-order valence-corrected chi connectivity index (χ0v) is 14.9. The lowest BCUT2D eigenvalue weighted by atomic mass is 9.99. The standard InChI is InChI=1S/C15H26N4O3S/c1-4-13-7-5-6-10-19(13)15(20)8-9-16-23(21,22)14-11-18(3)12(2)17-14/h11,13,16H,4-10H2,1-3H3. The maximum atomic E-state index is 12.3. The fraction of sp³-hybridized carbons (Fsp3) is 0.733. The number of piperidine rings is 1. The second-order valence-corrected chi connectivity index (χ2v) is 7.74.